The molecule has 0 spiro atoms. The molecule has 1 N–H and O–H groups in total. The van der Waals surface area contributed by atoms with Crippen LogP contribution in [0.2, 0.25) is 5.02 Å². The molecule has 0 amide bonds. The van der Waals surface area contributed by atoms with Crippen molar-refractivity contribution >= 4 is 29.0 Å². The van der Waals surface area contributed by atoms with E-state index in [0.29, 0.717) is 40.5 Å². The number of nitrogens with zero attached hydrogens (tertiary/aromatic N) is 1. The fourth-order valence-electron chi connectivity index (χ4n) is 5.15. The van der Waals surface area contributed by atoms with Crippen molar-refractivity contribution in [1.29, 1.82) is 0 Å². The topological polar surface area (TPSA) is 117 Å². The standard InChI is InChI=1S/C29H31ClN2O7/c1-15(2)14-39-29(34)26-16(3)31-21-10-19(17-7-9-24(37-4)25(13-17)38-5)12-23(33)28(21)27(26)18-6-8-20(30)22(11-18)32(35)36/h6-9,11,13,15,19,27,31H,10,12,14H2,1-5H3. The molecule has 206 valence electrons. The third kappa shape index (κ3) is 5.63. The molecule has 0 saturated carbocycles. The van der Waals surface area contributed by atoms with Crippen molar-refractivity contribution in [2.75, 3.05) is 20.8 Å². The number of carbonyl (C=O) groups excluding carboxylic acids is 2. The van der Waals surface area contributed by atoms with Crippen molar-refractivity contribution in [2.24, 2.45) is 5.92 Å². The molecular weight excluding hydrogens is 524 g/mol. The number of ether oxygens (including phenoxy) is 3. The molecule has 2 aromatic carbocycles. The number of esters is 1. The van der Waals surface area contributed by atoms with Crippen LogP contribution in [0.1, 0.15) is 56.6 Å². The van der Waals surface area contributed by atoms with Crippen molar-refractivity contribution < 1.29 is 28.7 Å². The zero-order chi connectivity index (χ0) is 28.4. The Morgan fingerprint density at radius 2 is 1.79 bits per heavy atom. The van der Waals surface area contributed by atoms with Gasteiger partial charge in [0, 0.05) is 35.4 Å². The Kier molecular flexibility index (Phi) is 8.30. The van der Waals surface area contributed by atoms with Crippen LogP contribution < -0.4 is 14.8 Å². The van der Waals surface area contributed by atoms with E-state index in [1.54, 1.807) is 33.3 Å². The monoisotopic (exact) mass is 554 g/mol. The normalized spacial score (nSPS) is 19.0. The first-order chi connectivity index (χ1) is 18.5. The van der Waals surface area contributed by atoms with E-state index in [2.05, 4.69) is 5.32 Å². The number of rotatable bonds is 8. The molecule has 9 nitrogen and oxygen atoms in total. The highest BCUT2D eigenvalue weighted by molar-refractivity contribution is 6.32. The van der Waals surface area contributed by atoms with Crippen molar-refractivity contribution in [3.8, 4) is 11.5 Å². The fourth-order valence-corrected chi connectivity index (χ4v) is 5.34. The Balaban J connectivity index is 1.80. The van der Waals surface area contributed by atoms with Gasteiger partial charge in [-0.05, 0) is 54.5 Å². The van der Waals surface area contributed by atoms with Gasteiger partial charge in [0.25, 0.3) is 5.69 Å². The van der Waals surface area contributed by atoms with Gasteiger partial charge >= 0.3 is 5.97 Å². The molecule has 39 heavy (non-hydrogen) atoms. The Bertz CT molecular complexity index is 1400. The van der Waals surface area contributed by atoms with Crippen LogP contribution in [0.4, 0.5) is 5.69 Å². The van der Waals surface area contributed by atoms with Crippen LogP contribution in [0.3, 0.4) is 0 Å². The second-order valence-corrected chi connectivity index (χ2v) is 10.5. The maximum atomic E-state index is 13.8. The molecule has 1 heterocycles. The maximum absolute atomic E-state index is 13.8. The molecule has 2 aromatic rings. The largest absolute Gasteiger partial charge is 0.493 e. The van der Waals surface area contributed by atoms with E-state index in [-0.39, 0.29) is 46.9 Å². The maximum Gasteiger partial charge on any atom is 0.336 e. The first-order valence-electron chi connectivity index (χ1n) is 12.6. The lowest BCUT2D eigenvalue weighted by Crippen LogP contribution is -2.36. The number of benzene rings is 2. The van der Waals surface area contributed by atoms with E-state index in [1.807, 2.05) is 26.0 Å². The molecule has 0 bridgehead atoms. The minimum absolute atomic E-state index is 0.0278. The van der Waals surface area contributed by atoms with Crippen LogP contribution in [-0.4, -0.2) is 37.5 Å². The fraction of sp³-hybridized carbons (Fsp3) is 0.379. The van der Waals surface area contributed by atoms with Gasteiger partial charge in [-0.1, -0.05) is 37.6 Å². The van der Waals surface area contributed by atoms with Crippen LogP contribution in [0.15, 0.2) is 58.9 Å². The third-order valence-electron chi connectivity index (χ3n) is 6.97. The molecule has 0 radical (unpaired) electrons. The van der Waals surface area contributed by atoms with Crippen molar-refractivity contribution in [2.45, 2.75) is 45.4 Å². The highest BCUT2D eigenvalue weighted by Gasteiger charge is 2.42. The van der Waals surface area contributed by atoms with Gasteiger partial charge < -0.3 is 19.5 Å². The zero-order valence-corrected chi connectivity index (χ0v) is 23.3. The summed E-state index contributed by atoms with van der Waals surface area (Å²) < 4.78 is 16.4. The van der Waals surface area contributed by atoms with Crippen LogP contribution in [0, 0.1) is 16.0 Å². The number of Topliss-reactive ketones (excluding diaryl/α,β-unsaturated/α-hetero) is 1. The highest BCUT2D eigenvalue weighted by Crippen LogP contribution is 2.47. The van der Waals surface area contributed by atoms with Gasteiger partial charge in [0.05, 0.1) is 31.3 Å². The first-order valence-corrected chi connectivity index (χ1v) is 13.0. The van der Waals surface area contributed by atoms with Gasteiger partial charge in [0.2, 0.25) is 0 Å². The van der Waals surface area contributed by atoms with Crippen molar-refractivity contribution in [3.05, 3.63) is 85.2 Å². The molecule has 2 aliphatic rings. The van der Waals surface area contributed by atoms with E-state index in [9.17, 15) is 19.7 Å². The summed E-state index contributed by atoms with van der Waals surface area (Å²) in [5, 5.41) is 14.9. The number of halogens is 1. The molecule has 2 atom stereocenters. The van der Waals surface area contributed by atoms with Crippen molar-refractivity contribution in [1.82, 2.24) is 5.32 Å². The molecule has 0 saturated heterocycles. The van der Waals surface area contributed by atoms with Gasteiger partial charge in [-0.25, -0.2) is 4.79 Å². The summed E-state index contributed by atoms with van der Waals surface area (Å²) in [6.07, 6.45) is 0.684. The number of allylic oxidation sites excluding steroid dienone is 3. The lowest BCUT2D eigenvalue weighted by atomic mass is 9.71. The van der Waals surface area contributed by atoms with E-state index in [4.69, 9.17) is 25.8 Å². The summed E-state index contributed by atoms with van der Waals surface area (Å²) >= 11 is 6.09. The molecule has 4 rings (SSSR count). The third-order valence-corrected chi connectivity index (χ3v) is 7.29. The smallest absolute Gasteiger partial charge is 0.336 e. The molecule has 10 heteroatoms. The predicted molar refractivity (Wildman–Crippen MR) is 146 cm³/mol. The Morgan fingerprint density at radius 1 is 1.10 bits per heavy atom. The minimum atomic E-state index is -0.837. The van der Waals surface area contributed by atoms with E-state index < -0.39 is 16.8 Å². The van der Waals surface area contributed by atoms with Gasteiger partial charge in [0.1, 0.15) is 5.02 Å². The summed E-state index contributed by atoms with van der Waals surface area (Å²) in [5.41, 5.74) is 2.91. The molecule has 0 fully saturated rings. The van der Waals surface area contributed by atoms with Gasteiger partial charge in [0.15, 0.2) is 17.3 Å². The summed E-state index contributed by atoms with van der Waals surface area (Å²) in [7, 11) is 3.12. The first kappa shape index (κ1) is 28.2. The van der Waals surface area contributed by atoms with E-state index in [1.165, 1.54) is 12.1 Å². The Morgan fingerprint density at radius 3 is 2.44 bits per heavy atom. The van der Waals surface area contributed by atoms with Crippen LogP contribution in [0.5, 0.6) is 11.5 Å². The summed E-state index contributed by atoms with van der Waals surface area (Å²) in [4.78, 5) is 38.2. The van der Waals surface area contributed by atoms with Gasteiger partial charge in [-0.3, -0.25) is 14.9 Å². The number of methoxy groups -OCH3 is 2. The van der Waals surface area contributed by atoms with Crippen LogP contribution >= 0.6 is 11.6 Å². The summed E-state index contributed by atoms with van der Waals surface area (Å²) in [6.45, 7) is 5.79. The minimum Gasteiger partial charge on any atom is -0.493 e. The average Bonchev–Trinajstić information content (AvgIpc) is 2.90. The Labute approximate surface area is 231 Å². The highest BCUT2D eigenvalue weighted by atomic mass is 35.5. The molecular formula is C29H31ClN2O7. The lowest BCUT2D eigenvalue weighted by Gasteiger charge is -2.36. The quantitative estimate of drug-likeness (QED) is 0.246. The molecule has 1 aliphatic heterocycles. The van der Waals surface area contributed by atoms with E-state index in [0.717, 1.165) is 5.56 Å². The summed E-state index contributed by atoms with van der Waals surface area (Å²) in [5.74, 6) is -0.453. The number of carbonyl (C=O) groups is 2. The number of hydrogen-bond donors (Lipinski definition) is 1. The number of dihydropyridines is 1. The molecule has 1 aliphatic carbocycles. The number of nitrogens with one attached hydrogen (secondary N) is 1. The van der Waals surface area contributed by atoms with Crippen molar-refractivity contribution in [3.63, 3.8) is 0 Å². The van der Waals surface area contributed by atoms with Gasteiger partial charge in [-0.15, -0.1) is 0 Å². The van der Waals surface area contributed by atoms with E-state index >= 15 is 0 Å². The number of nitro groups is 1. The lowest BCUT2D eigenvalue weighted by molar-refractivity contribution is -0.384. The average molecular weight is 555 g/mol. The SMILES string of the molecule is COc1ccc(C2CC(=O)C3=C(C2)NC(C)=C(C(=O)OCC(C)C)C3c2ccc(Cl)c([N+](=O)[O-])c2)cc1OC. The number of nitro benzene ring substituents is 1. The van der Waals surface area contributed by atoms with Gasteiger partial charge in [-0.2, -0.15) is 0 Å². The number of hydrogen-bond acceptors (Lipinski definition) is 8. The molecule has 2 unspecified atom stereocenters. The predicted octanol–water partition coefficient (Wildman–Crippen LogP) is 5.83. The van der Waals surface area contributed by atoms with Crippen LogP contribution in [-0.2, 0) is 14.3 Å². The Hall–Kier alpha value is -3.85. The second kappa shape index (κ2) is 11.5. The van der Waals surface area contributed by atoms with Crippen LogP contribution in [0.25, 0.3) is 0 Å². The summed E-state index contributed by atoms with van der Waals surface area (Å²) in [6, 6.07) is 9.95. The molecule has 0 aromatic heterocycles. The number of ketones is 1. The second-order valence-electron chi connectivity index (χ2n) is 10.1. The zero-order valence-electron chi connectivity index (χ0n) is 22.5.